The van der Waals surface area contributed by atoms with Gasteiger partial charge in [0.05, 0.1) is 22.1 Å². The van der Waals surface area contributed by atoms with Crippen LogP contribution in [0.4, 0.5) is 0 Å². The van der Waals surface area contributed by atoms with Gasteiger partial charge in [-0.05, 0) is 47.4 Å². The van der Waals surface area contributed by atoms with Crippen LogP contribution in [0.15, 0.2) is 27.3 Å². The highest BCUT2D eigenvalue weighted by molar-refractivity contribution is 9.10. The van der Waals surface area contributed by atoms with E-state index in [1.54, 1.807) is 6.26 Å². The van der Waals surface area contributed by atoms with Crippen molar-refractivity contribution in [3.63, 3.8) is 0 Å². The first kappa shape index (κ1) is 14.3. The number of halogens is 1. The molecule has 1 N–H and O–H groups in total. The lowest BCUT2D eigenvalue weighted by Gasteiger charge is -2.17. The minimum Gasteiger partial charge on any atom is -0.466 e. The van der Waals surface area contributed by atoms with Crippen molar-refractivity contribution in [3.8, 4) is 0 Å². The van der Waals surface area contributed by atoms with Gasteiger partial charge in [-0.15, -0.1) is 0 Å². The van der Waals surface area contributed by atoms with Gasteiger partial charge in [-0.3, -0.25) is 4.68 Å². The molecule has 0 fully saturated rings. The summed E-state index contributed by atoms with van der Waals surface area (Å²) in [6.45, 7) is 5.20. The van der Waals surface area contributed by atoms with Gasteiger partial charge in [0.15, 0.2) is 0 Å². The zero-order valence-corrected chi connectivity index (χ0v) is 13.2. The zero-order valence-electron chi connectivity index (χ0n) is 11.6. The molecule has 2 heterocycles. The molecule has 2 rings (SSSR count). The van der Waals surface area contributed by atoms with E-state index in [1.807, 2.05) is 17.8 Å². The standard InChI is InChI=1S/C14H20BrN3O/c1-4-7-16-13(14-11(15)6-8-19-14)12-9-10(5-2)17-18(12)3/h6,8-9,13,16H,4-5,7H2,1-3H3. The molecule has 1 unspecified atom stereocenters. The highest BCUT2D eigenvalue weighted by Crippen LogP contribution is 2.29. The fraction of sp³-hybridized carbons (Fsp3) is 0.500. The summed E-state index contributed by atoms with van der Waals surface area (Å²) in [4.78, 5) is 0. The van der Waals surface area contributed by atoms with Crippen molar-refractivity contribution in [1.82, 2.24) is 15.1 Å². The Bertz CT molecular complexity index is 533. The SMILES string of the molecule is CCCNC(c1occc1Br)c1cc(CC)nn1C. The molecule has 0 aliphatic rings. The normalized spacial score (nSPS) is 12.8. The van der Waals surface area contributed by atoms with Crippen LogP contribution in [-0.2, 0) is 13.5 Å². The van der Waals surface area contributed by atoms with Crippen molar-refractivity contribution in [3.05, 3.63) is 40.0 Å². The Balaban J connectivity index is 2.36. The van der Waals surface area contributed by atoms with Crippen molar-refractivity contribution in [2.75, 3.05) is 6.54 Å². The van der Waals surface area contributed by atoms with E-state index in [4.69, 9.17) is 4.42 Å². The summed E-state index contributed by atoms with van der Waals surface area (Å²) < 4.78 is 8.54. The van der Waals surface area contributed by atoms with Crippen LogP contribution in [0.3, 0.4) is 0 Å². The second kappa shape index (κ2) is 6.39. The van der Waals surface area contributed by atoms with Gasteiger partial charge >= 0.3 is 0 Å². The number of rotatable bonds is 6. The molecule has 0 radical (unpaired) electrons. The maximum atomic E-state index is 5.63. The molecule has 4 nitrogen and oxygen atoms in total. The van der Waals surface area contributed by atoms with Crippen molar-refractivity contribution >= 4 is 15.9 Å². The maximum absolute atomic E-state index is 5.63. The Morgan fingerprint density at radius 3 is 2.79 bits per heavy atom. The van der Waals surface area contributed by atoms with Gasteiger partial charge in [-0.25, -0.2) is 0 Å². The summed E-state index contributed by atoms with van der Waals surface area (Å²) in [5.74, 6) is 0.902. The molecule has 104 valence electrons. The summed E-state index contributed by atoms with van der Waals surface area (Å²) >= 11 is 3.54. The largest absolute Gasteiger partial charge is 0.466 e. The monoisotopic (exact) mass is 325 g/mol. The third-order valence-corrected chi connectivity index (χ3v) is 3.79. The van der Waals surface area contributed by atoms with Gasteiger partial charge in [0.2, 0.25) is 0 Å². The van der Waals surface area contributed by atoms with E-state index in [-0.39, 0.29) is 6.04 Å². The number of nitrogens with zero attached hydrogens (tertiary/aromatic N) is 2. The van der Waals surface area contributed by atoms with Crippen LogP contribution in [0.5, 0.6) is 0 Å². The number of hydrogen-bond donors (Lipinski definition) is 1. The molecular weight excluding hydrogens is 306 g/mol. The molecule has 0 amide bonds. The summed E-state index contributed by atoms with van der Waals surface area (Å²) in [5.41, 5.74) is 2.23. The van der Waals surface area contributed by atoms with Crippen LogP contribution in [-0.4, -0.2) is 16.3 Å². The minimum atomic E-state index is 0.0297. The Morgan fingerprint density at radius 2 is 2.26 bits per heavy atom. The molecular formula is C14H20BrN3O. The molecule has 0 saturated heterocycles. The molecule has 0 saturated carbocycles. The molecule has 2 aromatic heterocycles. The van der Waals surface area contributed by atoms with Crippen LogP contribution in [0.1, 0.15) is 43.5 Å². The van der Waals surface area contributed by atoms with Crippen LogP contribution in [0.25, 0.3) is 0 Å². The first-order valence-corrected chi connectivity index (χ1v) is 7.45. The van der Waals surface area contributed by atoms with E-state index in [2.05, 4.69) is 46.3 Å². The van der Waals surface area contributed by atoms with Gasteiger partial charge < -0.3 is 9.73 Å². The van der Waals surface area contributed by atoms with E-state index in [9.17, 15) is 0 Å². The smallest absolute Gasteiger partial charge is 0.140 e. The third-order valence-electron chi connectivity index (χ3n) is 3.13. The molecule has 1 atom stereocenters. The predicted molar refractivity (Wildman–Crippen MR) is 79.1 cm³/mol. The number of furan rings is 1. The first-order valence-electron chi connectivity index (χ1n) is 6.66. The molecule has 0 spiro atoms. The Morgan fingerprint density at radius 1 is 1.47 bits per heavy atom. The van der Waals surface area contributed by atoms with Crippen LogP contribution >= 0.6 is 15.9 Å². The second-order valence-electron chi connectivity index (χ2n) is 4.56. The van der Waals surface area contributed by atoms with Crippen molar-refractivity contribution in [1.29, 1.82) is 0 Å². The lowest BCUT2D eigenvalue weighted by Crippen LogP contribution is -2.25. The van der Waals surface area contributed by atoms with Gasteiger partial charge in [0.25, 0.3) is 0 Å². The lowest BCUT2D eigenvalue weighted by molar-refractivity contribution is 0.430. The zero-order chi connectivity index (χ0) is 13.8. The Labute approximate surface area is 122 Å². The number of aryl methyl sites for hydroxylation is 2. The highest BCUT2D eigenvalue weighted by atomic mass is 79.9. The maximum Gasteiger partial charge on any atom is 0.140 e. The van der Waals surface area contributed by atoms with Crippen molar-refractivity contribution in [2.24, 2.45) is 7.05 Å². The van der Waals surface area contributed by atoms with Gasteiger partial charge in [0, 0.05) is 7.05 Å². The molecule has 0 aliphatic carbocycles. The molecule has 0 aromatic carbocycles. The average Bonchev–Trinajstić information content (AvgIpc) is 2.98. The lowest BCUT2D eigenvalue weighted by atomic mass is 10.1. The fourth-order valence-corrected chi connectivity index (χ4v) is 2.55. The summed E-state index contributed by atoms with van der Waals surface area (Å²) in [6, 6.07) is 4.09. The van der Waals surface area contributed by atoms with Crippen LogP contribution < -0.4 is 5.32 Å². The van der Waals surface area contributed by atoms with E-state index >= 15 is 0 Å². The molecule has 19 heavy (non-hydrogen) atoms. The van der Waals surface area contributed by atoms with Crippen molar-refractivity contribution in [2.45, 2.75) is 32.7 Å². The second-order valence-corrected chi connectivity index (χ2v) is 5.41. The van der Waals surface area contributed by atoms with E-state index < -0.39 is 0 Å². The van der Waals surface area contributed by atoms with E-state index in [1.165, 1.54) is 0 Å². The quantitative estimate of drug-likeness (QED) is 0.884. The average molecular weight is 326 g/mol. The van der Waals surface area contributed by atoms with Gasteiger partial charge in [0.1, 0.15) is 11.8 Å². The summed E-state index contributed by atoms with van der Waals surface area (Å²) in [5, 5.41) is 8.04. The van der Waals surface area contributed by atoms with Crippen molar-refractivity contribution < 1.29 is 4.42 Å². The van der Waals surface area contributed by atoms with Crippen LogP contribution in [0.2, 0.25) is 0 Å². The number of aromatic nitrogens is 2. The third kappa shape index (κ3) is 3.09. The summed E-state index contributed by atoms with van der Waals surface area (Å²) in [6.07, 6.45) is 3.72. The van der Waals surface area contributed by atoms with Crippen LogP contribution in [0, 0.1) is 0 Å². The minimum absolute atomic E-state index is 0.0297. The first-order chi connectivity index (χ1) is 9.17. The van der Waals surface area contributed by atoms with E-state index in [0.29, 0.717) is 0 Å². The Hall–Kier alpha value is -1.07. The van der Waals surface area contributed by atoms with E-state index in [0.717, 1.165) is 41.0 Å². The van der Waals surface area contributed by atoms with Gasteiger partial charge in [-0.2, -0.15) is 5.10 Å². The fourth-order valence-electron chi connectivity index (χ4n) is 2.12. The van der Waals surface area contributed by atoms with Gasteiger partial charge in [-0.1, -0.05) is 13.8 Å². The predicted octanol–water partition coefficient (Wildman–Crippen LogP) is 3.43. The molecule has 0 aliphatic heterocycles. The Kier molecular flexibility index (Phi) is 4.82. The topological polar surface area (TPSA) is 43.0 Å². The highest BCUT2D eigenvalue weighted by Gasteiger charge is 2.23. The number of hydrogen-bond acceptors (Lipinski definition) is 3. The summed E-state index contributed by atoms with van der Waals surface area (Å²) in [7, 11) is 1.98. The molecule has 5 heteroatoms. The molecule has 2 aromatic rings. The number of nitrogens with one attached hydrogen (secondary N) is 1. The molecule has 0 bridgehead atoms.